The molecule has 0 spiro atoms. The third kappa shape index (κ3) is 4.00. The third-order valence-electron chi connectivity index (χ3n) is 4.12. The molecule has 3 N–H and O–H groups in total. The Bertz CT molecular complexity index is 1020. The minimum atomic E-state index is -4.43. The highest BCUT2D eigenvalue weighted by atomic mass is 19.4. The number of nitrogen functional groups attached to an aromatic ring is 1. The van der Waals surface area contributed by atoms with E-state index in [4.69, 9.17) is 10.5 Å². The van der Waals surface area contributed by atoms with E-state index in [1.54, 1.807) is 37.3 Å². The van der Waals surface area contributed by atoms with Crippen LogP contribution in [0.5, 0.6) is 0 Å². The molecule has 146 valence electrons. The third-order valence-corrected chi connectivity index (χ3v) is 4.12. The van der Waals surface area contributed by atoms with Gasteiger partial charge in [0.1, 0.15) is 11.4 Å². The van der Waals surface area contributed by atoms with E-state index in [2.05, 4.69) is 10.3 Å². The van der Waals surface area contributed by atoms with Crippen LogP contribution in [0.4, 0.5) is 24.7 Å². The van der Waals surface area contributed by atoms with Crippen molar-refractivity contribution >= 4 is 28.4 Å². The summed E-state index contributed by atoms with van der Waals surface area (Å²) < 4.78 is 43.9. The van der Waals surface area contributed by atoms with Gasteiger partial charge in [0.2, 0.25) is 0 Å². The number of benzene rings is 2. The van der Waals surface area contributed by atoms with Gasteiger partial charge in [-0.25, -0.2) is 9.78 Å². The van der Waals surface area contributed by atoms with Gasteiger partial charge < -0.3 is 15.8 Å². The van der Waals surface area contributed by atoms with Crippen LogP contribution in [0.3, 0.4) is 0 Å². The minimum absolute atomic E-state index is 0.0105. The van der Waals surface area contributed by atoms with E-state index in [9.17, 15) is 18.0 Å². The van der Waals surface area contributed by atoms with E-state index in [-0.39, 0.29) is 24.5 Å². The SMILES string of the molecule is CCOC(=O)c1c(N)nc2ccccc2c1NCc1cccc(C(F)(F)F)c1. The van der Waals surface area contributed by atoms with Crippen LogP contribution in [0.25, 0.3) is 10.9 Å². The van der Waals surface area contributed by atoms with E-state index in [0.717, 1.165) is 12.1 Å². The predicted molar refractivity (Wildman–Crippen MR) is 101 cm³/mol. The highest BCUT2D eigenvalue weighted by Crippen LogP contribution is 2.32. The molecule has 0 aliphatic heterocycles. The number of rotatable bonds is 5. The summed E-state index contributed by atoms with van der Waals surface area (Å²) in [6.45, 7) is 1.88. The van der Waals surface area contributed by atoms with Crippen molar-refractivity contribution in [2.24, 2.45) is 0 Å². The van der Waals surface area contributed by atoms with E-state index in [1.165, 1.54) is 6.07 Å². The fourth-order valence-electron chi connectivity index (χ4n) is 2.87. The van der Waals surface area contributed by atoms with Gasteiger partial charge in [0.15, 0.2) is 0 Å². The lowest BCUT2D eigenvalue weighted by Crippen LogP contribution is -2.14. The summed E-state index contributed by atoms with van der Waals surface area (Å²) >= 11 is 0. The van der Waals surface area contributed by atoms with Gasteiger partial charge in [-0.05, 0) is 30.7 Å². The van der Waals surface area contributed by atoms with Crippen LogP contribution in [0.15, 0.2) is 48.5 Å². The molecule has 0 saturated carbocycles. The van der Waals surface area contributed by atoms with E-state index >= 15 is 0 Å². The first kappa shape index (κ1) is 19.5. The molecule has 0 bridgehead atoms. The minimum Gasteiger partial charge on any atom is -0.462 e. The van der Waals surface area contributed by atoms with Crippen molar-refractivity contribution in [3.8, 4) is 0 Å². The normalized spacial score (nSPS) is 11.4. The molecule has 8 heteroatoms. The smallest absolute Gasteiger partial charge is 0.416 e. The number of carbonyl (C=O) groups excluding carboxylic acids is 1. The predicted octanol–water partition coefficient (Wildman–Crippen LogP) is 4.62. The highest BCUT2D eigenvalue weighted by molar-refractivity contribution is 6.08. The molecule has 0 atom stereocenters. The number of hydrogen-bond donors (Lipinski definition) is 2. The molecule has 0 aliphatic carbocycles. The number of fused-ring (bicyclic) bond motifs is 1. The molecule has 28 heavy (non-hydrogen) atoms. The Morgan fingerprint density at radius 3 is 2.64 bits per heavy atom. The molecule has 0 fully saturated rings. The lowest BCUT2D eigenvalue weighted by atomic mass is 10.1. The largest absolute Gasteiger partial charge is 0.462 e. The van der Waals surface area contributed by atoms with Crippen LogP contribution in [0.2, 0.25) is 0 Å². The number of halogens is 3. The van der Waals surface area contributed by atoms with Gasteiger partial charge in [-0.2, -0.15) is 13.2 Å². The average Bonchev–Trinajstić information content (AvgIpc) is 2.65. The number of nitrogens with zero attached hydrogens (tertiary/aromatic N) is 1. The van der Waals surface area contributed by atoms with Gasteiger partial charge in [0.25, 0.3) is 0 Å². The Kier molecular flexibility index (Phi) is 5.39. The Morgan fingerprint density at radius 1 is 1.18 bits per heavy atom. The standard InChI is InChI=1S/C20H18F3N3O2/c1-2-28-19(27)16-17(14-8-3-4-9-15(14)26-18(16)24)25-11-12-6-5-7-13(10-12)20(21,22)23/h3-10H,2,11H2,1H3,(H3,24,25,26). The topological polar surface area (TPSA) is 77.2 Å². The second kappa shape index (κ2) is 7.75. The molecular formula is C20H18F3N3O2. The van der Waals surface area contributed by atoms with Gasteiger partial charge in [-0.3, -0.25) is 0 Å². The first-order valence-electron chi connectivity index (χ1n) is 8.56. The van der Waals surface area contributed by atoms with Crippen molar-refractivity contribution < 1.29 is 22.7 Å². The zero-order valence-corrected chi connectivity index (χ0v) is 15.0. The maximum absolute atomic E-state index is 12.9. The van der Waals surface area contributed by atoms with E-state index in [1.807, 2.05) is 0 Å². The fraction of sp³-hybridized carbons (Fsp3) is 0.200. The number of alkyl halides is 3. The molecular weight excluding hydrogens is 371 g/mol. The summed E-state index contributed by atoms with van der Waals surface area (Å²) in [6, 6.07) is 12.0. The quantitative estimate of drug-likeness (QED) is 0.623. The molecule has 5 nitrogen and oxygen atoms in total. The van der Waals surface area contributed by atoms with Crippen molar-refractivity contribution in [2.75, 3.05) is 17.7 Å². The van der Waals surface area contributed by atoms with Crippen molar-refractivity contribution in [1.29, 1.82) is 0 Å². The lowest BCUT2D eigenvalue weighted by Gasteiger charge is -2.16. The van der Waals surface area contributed by atoms with Crippen molar-refractivity contribution in [3.05, 3.63) is 65.2 Å². The first-order valence-corrected chi connectivity index (χ1v) is 8.56. The fourth-order valence-corrected chi connectivity index (χ4v) is 2.87. The van der Waals surface area contributed by atoms with E-state index < -0.39 is 17.7 Å². The number of pyridine rings is 1. The highest BCUT2D eigenvalue weighted by Gasteiger charge is 2.30. The van der Waals surface area contributed by atoms with Crippen LogP contribution in [-0.4, -0.2) is 17.6 Å². The Morgan fingerprint density at radius 2 is 1.93 bits per heavy atom. The number of aromatic nitrogens is 1. The summed E-state index contributed by atoms with van der Waals surface area (Å²) in [5, 5.41) is 3.66. The maximum atomic E-state index is 12.9. The number of anilines is 2. The number of esters is 1. The Hall–Kier alpha value is -3.29. The van der Waals surface area contributed by atoms with Crippen molar-refractivity contribution in [3.63, 3.8) is 0 Å². The Balaban J connectivity index is 2.02. The lowest BCUT2D eigenvalue weighted by molar-refractivity contribution is -0.137. The molecule has 0 saturated heterocycles. The molecule has 3 aromatic rings. The van der Waals surface area contributed by atoms with Crippen LogP contribution in [0, 0.1) is 0 Å². The molecule has 3 rings (SSSR count). The van der Waals surface area contributed by atoms with Crippen LogP contribution in [0.1, 0.15) is 28.4 Å². The Labute approximate surface area is 159 Å². The number of ether oxygens (including phenoxy) is 1. The van der Waals surface area contributed by atoms with Gasteiger partial charge in [0, 0.05) is 11.9 Å². The van der Waals surface area contributed by atoms with Gasteiger partial charge in [-0.15, -0.1) is 0 Å². The molecule has 0 radical (unpaired) electrons. The first-order chi connectivity index (χ1) is 13.3. The molecule has 0 aliphatic rings. The van der Waals surface area contributed by atoms with Crippen molar-refractivity contribution in [1.82, 2.24) is 4.98 Å². The number of nitrogens with one attached hydrogen (secondary N) is 1. The maximum Gasteiger partial charge on any atom is 0.416 e. The summed E-state index contributed by atoms with van der Waals surface area (Å²) in [6.07, 6.45) is -4.43. The zero-order chi connectivity index (χ0) is 20.3. The second-order valence-electron chi connectivity index (χ2n) is 6.04. The van der Waals surface area contributed by atoms with Gasteiger partial charge in [0.05, 0.1) is 23.4 Å². The molecule has 2 aromatic carbocycles. The van der Waals surface area contributed by atoms with Gasteiger partial charge in [-0.1, -0.05) is 30.3 Å². The van der Waals surface area contributed by atoms with E-state index in [0.29, 0.717) is 22.2 Å². The van der Waals surface area contributed by atoms with Gasteiger partial charge >= 0.3 is 12.1 Å². The number of nitrogens with two attached hydrogens (primary N) is 1. The number of carbonyl (C=O) groups is 1. The van der Waals surface area contributed by atoms with Crippen LogP contribution < -0.4 is 11.1 Å². The second-order valence-corrected chi connectivity index (χ2v) is 6.04. The average molecular weight is 389 g/mol. The van der Waals surface area contributed by atoms with Crippen LogP contribution in [-0.2, 0) is 17.5 Å². The number of hydrogen-bond acceptors (Lipinski definition) is 5. The summed E-state index contributed by atoms with van der Waals surface area (Å²) in [4.78, 5) is 16.6. The molecule has 0 unspecified atom stereocenters. The molecule has 1 aromatic heterocycles. The zero-order valence-electron chi connectivity index (χ0n) is 15.0. The number of para-hydroxylation sites is 1. The van der Waals surface area contributed by atoms with Crippen LogP contribution >= 0.6 is 0 Å². The summed E-state index contributed by atoms with van der Waals surface area (Å²) in [5.41, 5.74) is 6.63. The molecule has 1 heterocycles. The summed E-state index contributed by atoms with van der Waals surface area (Å²) in [7, 11) is 0. The summed E-state index contributed by atoms with van der Waals surface area (Å²) in [5.74, 6) is -0.659. The monoisotopic (exact) mass is 389 g/mol. The van der Waals surface area contributed by atoms with Crippen molar-refractivity contribution in [2.45, 2.75) is 19.6 Å². The molecule has 0 amide bonds.